The van der Waals surface area contributed by atoms with Crippen LogP contribution >= 0.6 is 15.9 Å². The van der Waals surface area contributed by atoms with Crippen LogP contribution in [-0.4, -0.2) is 26.9 Å². The summed E-state index contributed by atoms with van der Waals surface area (Å²) < 4.78 is 3.05. The van der Waals surface area contributed by atoms with Gasteiger partial charge >= 0.3 is 0 Å². The maximum absolute atomic E-state index is 12.4. The lowest BCUT2D eigenvalue weighted by Crippen LogP contribution is -2.40. The molecule has 0 radical (unpaired) electrons. The molecule has 108 valence electrons. The molecule has 1 amide bonds. The van der Waals surface area contributed by atoms with Gasteiger partial charge in [0.25, 0.3) is 0 Å². The van der Waals surface area contributed by atoms with Gasteiger partial charge in [0.1, 0.15) is 12.4 Å². The van der Waals surface area contributed by atoms with Crippen LogP contribution in [0.5, 0.6) is 0 Å². The molecule has 2 aliphatic rings. The molecule has 0 N–H and O–H groups in total. The SMILES string of the molecule is O=C1Cn2c(cnc2-c2ccccc2Br)CN1CC1CC1. The zero-order valence-electron chi connectivity index (χ0n) is 11.6. The Hall–Kier alpha value is -1.62. The summed E-state index contributed by atoms with van der Waals surface area (Å²) in [7, 11) is 0. The summed E-state index contributed by atoms with van der Waals surface area (Å²) in [6.07, 6.45) is 4.44. The molecule has 1 saturated carbocycles. The minimum Gasteiger partial charge on any atom is -0.335 e. The fourth-order valence-corrected chi connectivity index (χ4v) is 3.33. The Morgan fingerprint density at radius 3 is 2.81 bits per heavy atom. The smallest absolute Gasteiger partial charge is 0.242 e. The van der Waals surface area contributed by atoms with E-state index in [0.717, 1.165) is 34.0 Å². The number of rotatable bonds is 3. The fraction of sp³-hybridized carbons (Fsp3) is 0.375. The number of hydrogen-bond acceptors (Lipinski definition) is 2. The maximum atomic E-state index is 12.4. The van der Waals surface area contributed by atoms with E-state index in [1.165, 1.54) is 12.8 Å². The summed E-state index contributed by atoms with van der Waals surface area (Å²) >= 11 is 3.56. The molecule has 0 saturated heterocycles. The Balaban J connectivity index is 1.67. The summed E-state index contributed by atoms with van der Waals surface area (Å²) in [6.45, 7) is 2.00. The van der Waals surface area contributed by atoms with Gasteiger partial charge in [0, 0.05) is 16.6 Å². The molecule has 4 rings (SSSR count). The second-order valence-electron chi connectivity index (χ2n) is 5.86. The number of carbonyl (C=O) groups excluding carboxylic acids is 1. The zero-order chi connectivity index (χ0) is 14.4. The van der Waals surface area contributed by atoms with E-state index in [9.17, 15) is 4.79 Å². The Labute approximate surface area is 131 Å². The number of benzene rings is 1. The Bertz CT molecular complexity index is 705. The molecule has 1 aliphatic heterocycles. The highest BCUT2D eigenvalue weighted by atomic mass is 79.9. The minimum atomic E-state index is 0.209. The lowest BCUT2D eigenvalue weighted by Gasteiger charge is -2.29. The highest BCUT2D eigenvalue weighted by Gasteiger charge is 2.31. The van der Waals surface area contributed by atoms with Crippen molar-refractivity contribution in [1.82, 2.24) is 14.5 Å². The van der Waals surface area contributed by atoms with Crippen molar-refractivity contribution < 1.29 is 4.79 Å². The summed E-state index contributed by atoms with van der Waals surface area (Å²) in [4.78, 5) is 18.9. The lowest BCUT2D eigenvalue weighted by molar-refractivity contribution is -0.134. The highest BCUT2D eigenvalue weighted by Crippen LogP contribution is 2.33. The molecule has 2 heterocycles. The van der Waals surface area contributed by atoms with Gasteiger partial charge in [-0.1, -0.05) is 34.1 Å². The first-order chi connectivity index (χ1) is 10.2. The molecule has 2 aromatic rings. The van der Waals surface area contributed by atoms with E-state index in [-0.39, 0.29) is 5.91 Å². The van der Waals surface area contributed by atoms with E-state index >= 15 is 0 Å². The molecule has 1 aliphatic carbocycles. The van der Waals surface area contributed by atoms with Gasteiger partial charge in [0.15, 0.2) is 0 Å². The lowest BCUT2D eigenvalue weighted by atomic mass is 10.2. The molecule has 0 atom stereocenters. The van der Waals surface area contributed by atoms with Crippen molar-refractivity contribution in [2.24, 2.45) is 5.92 Å². The quantitative estimate of drug-likeness (QED) is 0.857. The number of hydrogen-bond donors (Lipinski definition) is 0. The third kappa shape index (κ3) is 2.39. The van der Waals surface area contributed by atoms with Crippen LogP contribution in [0.15, 0.2) is 34.9 Å². The van der Waals surface area contributed by atoms with Crippen molar-refractivity contribution in [2.45, 2.75) is 25.9 Å². The van der Waals surface area contributed by atoms with Gasteiger partial charge in [-0.25, -0.2) is 4.98 Å². The molecule has 5 heteroatoms. The molecule has 0 bridgehead atoms. The van der Waals surface area contributed by atoms with Gasteiger partial charge in [-0.15, -0.1) is 0 Å². The monoisotopic (exact) mass is 345 g/mol. The van der Waals surface area contributed by atoms with Crippen molar-refractivity contribution >= 4 is 21.8 Å². The van der Waals surface area contributed by atoms with Crippen LogP contribution in [0.1, 0.15) is 18.5 Å². The van der Waals surface area contributed by atoms with Crippen molar-refractivity contribution in [2.75, 3.05) is 6.54 Å². The molecule has 0 unspecified atom stereocenters. The predicted molar refractivity (Wildman–Crippen MR) is 83.5 cm³/mol. The summed E-state index contributed by atoms with van der Waals surface area (Å²) in [6, 6.07) is 8.00. The third-order valence-electron chi connectivity index (χ3n) is 4.23. The molecule has 21 heavy (non-hydrogen) atoms. The van der Waals surface area contributed by atoms with Crippen LogP contribution < -0.4 is 0 Å². The average molecular weight is 346 g/mol. The van der Waals surface area contributed by atoms with Gasteiger partial charge in [-0.05, 0) is 24.8 Å². The van der Waals surface area contributed by atoms with Crippen LogP contribution in [-0.2, 0) is 17.9 Å². The Morgan fingerprint density at radius 1 is 1.24 bits per heavy atom. The summed E-state index contributed by atoms with van der Waals surface area (Å²) in [5.74, 6) is 1.81. The van der Waals surface area contributed by atoms with Crippen LogP contribution in [0.2, 0.25) is 0 Å². The van der Waals surface area contributed by atoms with Crippen molar-refractivity contribution in [3.8, 4) is 11.4 Å². The van der Waals surface area contributed by atoms with E-state index in [1.807, 2.05) is 39.9 Å². The molecule has 4 nitrogen and oxygen atoms in total. The van der Waals surface area contributed by atoms with Crippen LogP contribution in [0.4, 0.5) is 0 Å². The van der Waals surface area contributed by atoms with Gasteiger partial charge in [-0.3, -0.25) is 4.79 Å². The maximum Gasteiger partial charge on any atom is 0.242 e. The topological polar surface area (TPSA) is 38.1 Å². The number of imidazole rings is 1. The number of halogens is 1. The van der Waals surface area contributed by atoms with E-state index in [1.54, 1.807) is 0 Å². The highest BCUT2D eigenvalue weighted by molar-refractivity contribution is 9.10. The first-order valence-electron chi connectivity index (χ1n) is 7.29. The van der Waals surface area contributed by atoms with Gasteiger partial charge < -0.3 is 9.47 Å². The predicted octanol–water partition coefficient (Wildman–Crippen LogP) is 3.06. The van der Waals surface area contributed by atoms with E-state index in [2.05, 4.69) is 20.9 Å². The second-order valence-corrected chi connectivity index (χ2v) is 6.71. The van der Waals surface area contributed by atoms with Gasteiger partial charge in [0.05, 0.1) is 18.4 Å². The molecule has 0 spiro atoms. The first kappa shape index (κ1) is 13.1. The second kappa shape index (κ2) is 4.98. The van der Waals surface area contributed by atoms with Crippen molar-refractivity contribution in [1.29, 1.82) is 0 Å². The largest absolute Gasteiger partial charge is 0.335 e. The fourth-order valence-electron chi connectivity index (χ4n) is 2.87. The number of carbonyl (C=O) groups is 1. The number of aromatic nitrogens is 2. The first-order valence-corrected chi connectivity index (χ1v) is 8.09. The summed E-state index contributed by atoms with van der Waals surface area (Å²) in [5.41, 5.74) is 2.16. The van der Waals surface area contributed by atoms with Crippen molar-refractivity contribution in [3.63, 3.8) is 0 Å². The number of amides is 1. The van der Waals surface area contributed by atoms with Crippen LogP contribution in [0, 0.1) is 5.92 Å². The molecular weight excluding hydrogens is 330 g/mol. The number of nitrogens with zero attached hydrogens (tertiary/aromatic N) is 3. The van der Waals surface area contributed by atoms with Gasteiger partial charge in [-0.2, -0.15) is 0 Å². The minimum absolute atomic E-state index is 0.209. The molecule has 1 aromatic carbocycles. The molecule has 1 fully saturated rings. The molecule has 1 aromatic heterocycles. The van der Waals surface area contributed by atoms with E-state index in [0.29, 0.717) is 13.1 Å². The van der Waals surface area contributed by atoms with E-state index in [4.69, 9.17) is 0 Å². The normalized spacial score (nSPS) is 18.0. The van der Waals surface area contributed by atoms with Crippen LogP contribution in [0.25, 0.3) is 11.4 Å². The average Bonchev–Trinajstić information content (AvgIpc) is 3.20. The van der Waals surface area contributed by atoms with Gasteiger partial charge in [0.2, 0.25) is 5.91 Å². The zero-order valence-corrected chi connectivity index (χ0v) is 13.2. The standard InChI is InChI=1S/C16H16BrN3O/c17-14-4-2-1-3-13(14)16-18-7-12-9-19(8-11-5-6-11)15(21)10-20(12)16/h1-4,7,11H,5-6,8-10H2. The molecular formula is C16H16BrN3O. The Kier molecular flexibility index (Phi) is 3.10. The number of fused-ring (bicyclic) bond motifs is 1. The summed E-state index contributed by atoms with van der Waals surface area (Å²) in [5, 5.41) is 0. The van der Waals surface area contributed by atoms with E-state index < -0.39 is 0 Å². The van der Waals surface area contributed by atoms with Crippen LogP contribution in [0.3, 0.4) is 0 Å². The third-order valence-corrected chi connectivity index (χ3v) is 4.92. The Morgan fingerprint density at radius 2 is 2.05 bits per heavy atom. The van der Waals surface area contributed by atoms with Crippen molar-refractivity contribution in [3.05, 3.63) is 40.6 Å².